The zero-order chi connectivity index (χ0) is 23.3. The van der Waals surface area contributed by atoms with Gasteiger partial charge >= 0.3 is 0 Å². The van der Waals surface area contributed by atoms with Gasteiger partial charge in [-0.1, -0.05) is 11.6 Å². The average Bonchev–Trinajstić information content (AvgIpc) is 2.77. The van der Waals surface area contributed by atoms with Crippen LogP contribution in [0.15, 0.2) is 47.4 Å². The van der Waals surface area contributed by atoms with E-state index in [1.54, 1.807) is 24.3 Å². The van der Waals surface area contributed by atoms with Crippen LogP contribution in [0.25, 0.3) is 0 Å². The third-order valence-corrected chi connectivity index (χ3v) is 7.25. The lowest BCUT2D eigenvalue weighted by atomic mass is 9.97. The van der Waals surface area contributed by atoms with E-state index in [0.717, 1.165) is 12.1 Å². The monoisotopic (exact) mass is 483 g/mol. The van der Waals surface area contributed by atoms with E-state index in [1.165, 1.54) is 17.5 Å². The van der Waals surface area contributed by atoms with Gasteiger partial charge in [0, 0.05) is 37.5 Å². The molecule has 172 valence electrons. The number of hydrogen-bond acceptors (Lipinski definition) is 5. The zero-order valence-electron chi connectivity index (χ0n) is 17.3. The number of rotatable bonds is 7. The first-order valence-corrected chi connectivity index (χ1v) is 11.7. The van der Waals surface area contributed by atoms with Gasteiger partial charge < -0.3 is 15.4 Å². The molecule has 0 radical (unpaired) electrons. The minimum atomic E-state index is -3.82. The van der Waals surface area contributed by atoms with Crippen LogP contribution in [0.5, 0.6) is 0 Å². The number of methoxy groups -OCH3 is 1. The molecular weight excluding hydrogens is 461 g/mol. The Morgan fingerprint density at radius 2 is 1.69 bits per heavy atom. The van der Waals surface area contributed by atoms with E-state index < -0.39 is 15.8 Å². The summed E-state index contributed by atoms with van der Waals surface area (Å²) in [5.74, 6) is -1.53. The van der Waals surface area contributed by atoms with E-state index in [-0.39, 0.29) is 47.3 Å². The quantitative estimate of drug-likeness (QED) is 0.629. The lowest BCUT2D eigenvalue weighted by Crippen LogP contribution is -2.41. The molecule has 0 saturated carbocycles. The van der Waals surface area contributed by atoms with Crippen molar-refractivity contribution in [3.05, 3.63) is 53.3 Å². The fourth-order valence-corrected chi connectivity index (χ4v) is 5.10. The van der Waals surface area contributed by atoms with Crippen LogP contribution in [0.3, 0.4) is 0 Å². The van der Waals surface area contributed by atoms with Crippen molar-refractivity contribution >= 4 is 44.8 Å². The van der Waals surface area contributed by atoms with E-state index in [2.05, 4.69) is 10.6 Å². The molecule has 8 nitrogen and oxygen atoms in total. The van der Waals surface area contributed by atoms with Crippen LogP contribution in [0.1, 0.15) is 12.8 Å². The first-order valence-electron chi connectivity index (χ1n) is 9.85. The number of carbonyl (C=O) groups is 2. The summed E-state index contributed by atoms with van der Waals surface area (Å²) in [6, 6.07) is 9.93. The van der Waals surface area contributed by atoms with E-state index in [9.17, 15) is 22.4 Å². The molecule has 1 saturated heterocycles. The van der Waals surface area contributed by atoms with Crippen LogP contribution in [-0.4, -0.2) is 51.3 Å². The predicted octanol–water partition coefficient (Wildman–Crippen LogP) is 3.10. The second-order valence-corrected chi connectivity index (χ2v) is 9.65. The summed E-state index contributed by atoms with van der Waals surface area (Å²) in [6.07, 6.45) is 0.705. The fraction of sp³-hybridized carbons (Fsp3) is 0.333. The van der Waals surface area contributed by atoms with Crippen LogP contribution in [0.2, 0.25) is 5.02 Å². The molecular formula is C21H23ClFN3O5S. The molecule has 2 aromatic rings. The number of halogens is 2. The Labute approximate surface area is 190 Å². The van der Waals surface area contributed by atoms with Gasteiger partial charge in [0.2, 0.25) is 21.8 Å². The molecule has 1 aliphatic rings. The van der Waals surface area contributed by atoms with Gasteiger partial charge in [-0.15, -0.1) is 0 Å². The van der Waals surface area contributed by atoms with Gasteiger partial charge in [-0.25, -0.2) is 12.8 Å². The number of piperidine rings is 1. The molecule has 0 spiro atoms. The number of carbonyl (C=O) groups excluding carboxylic acids is 2. The Kier molecular flexibility index (Phi) is 7.83. The Balaban J connectivity index is 1.55. The highest BCUT2D eigenvalue weighted by Crippen LogP contribution is 2.27. The highest BCUT2D eigenvalue weighted by molar-refractivity contribution is 7.89. The lowest BCUT2D eigenvalue weighted by Gasteiger charge is -2.30. The van der Waals surface area contributed by atoms with E-state index in [0.29, 0.717) is 24.2 Å². The molecule has 1 aliphatic heterocycles. The minimum Gasteiger partial charge on any atom is -0.375 e. The van der Waals surface area contributed by atoms with Crippen LogP contribution < -0.4 is 10.6 Å². The molecule has 0 aliphatic carbocycles. The maximum absolute atomic E-state index is 13.3. The minimum absolute atomic E-state index is 0.0545. The number of nitrogens with one attached hydrogen (secondary N) is 2. The number of anilines is 2. The van der Waals surface area contributed by atoms with Crippen LogP contribution >= 0.6 is 11.6 Å². The Morgan fingerprint density at radius 1 is 1.09 bits per heavy atom. The molecule has 2 N–H and O–H groups in total. The van der Waals surface area contributed by atoms with Crippen molar-refractivity contribution in [1.82, 2.24) is 4.31 Å². The second-order valence-electron chi connectivity index (χ2n) is 7.30. The van der Waals surface area contributed by atoms with E-state index in [1.807, 2.05) is 0 Å². The molecule has 0 atom stereocenters. The summed E-state index contributed by atoms with van der Waals surface area (Å²) in [6.45, 7) is 0.279. The number of nitrogens with zero attached hydrogens (tertiary/aromatic N) is 1. The second kappa shape index (κ2) is 10.4. The van der Waals surface area contributed by atoms with Crippen LogP contribution in [0, 0.1) is 11.7 Å². The summed E-state index contributed by atoms with van der Waals surface area (Å²) >= 11 is 5.71. The molecule has 2 aromatic carbocycles. The number of sulfonamides is 1. The number of benzene rings is 2. The summed E-state index contributed by atoms with van der Waals surface area (Å²) in [4.78, 5) is 24.0. The van der Waals surface area contributed by atoms with Crippen molar-refractivity contribution in [2.75, 3.05) is 37.4 Å². The molecule has 1 fully saturated rings. The molecule has 2 amide bonds. The molecule has 11 heteroatoms. The summed E-state index contributed by atoms with van der Waals surface area (Å²) in [7, 11) is -2.39. The lowest BCUT2D eigenvalue weighted by molar-refractivity contribution is -0.121. The topological polar surface area (TPSA) is 105 Å². The van der Waals surface area contributed by atoms with E-state index in [4.69, 9.17) is 16.3 Å². The van der Waals surface area contributed by atoms with Crippen molar-refractivity contribution in [3.8, 4) is 0 Å². The third-order valence-electron chi connectivity index (χ3n) is 5.07. The van der Waals surface area contributed by atoms with E-state index >= 15 is 0 Å². The maximum Gasteiger partial charge on any atom is 0.250 e. The molecule has 0 bridgehead atoms. The van der Waals surface area contributed by atoms with Gasteiger partial charge in [-0.05, 0) is 55.3 Å². The fourth-order valence-electron chi connectivity index (χ4n) is 3.35. The van der Waals surface area contributed by atoms with Gasteiger partial charge in [-0.2, -0.15) is 4.31 Å². The molecule has 3 rings (SSSR count). The van der Waals surface area contributed by atoms with Gasteiger partial charge in [0.1, 0.15) is 12.4 Å². The Morgan fingerprint density at radius 3 is 2.25 bits per heavy atom. The maximum atomic E-state index is 13.3. The number of ether oxygens (including phenoxy) is 1. The third kappa shape index (κ3) is 5.83. The largest absolute Gasteiger partial charge is 0.375 e. The molecule has 32 heavy (non-hydrogen) atoms. The first kappa shape index (κ1) is 24.1. The number of hydrogen-bond donors (Lipinski definition) is 2. The average molecular weight is 484 g/mol. The zero-order valence-corrected chi connectivity index (χ0v) is 18.9. The summed E-state index contributed by atoms with van der Waals surface area (Å²) < 4.78 is 44.9. The smallest absolute Gasteiger partial charge is 0.250 e. The SMILES string of the molecule is COCC(=O)Nc1ccc(NC(=O)C2CCN(S(=O)(=O)c3ccc(F)c(Cl)c3)CC2)cc1. The van der Waals surface area contributed by atoms with Crippen molar-refractivity contribution < 1.29 is 27.1 Å². The Bertz CT molecular complexity index is 1090. The summed E-state index contributed by atoms with van der Waals surface area (Å²) in [5.41, 5.74) is 1.14. The molecule has 0 unspecified atom stereocenters. The van der Waals surface area contributed by atoms with Gasteiger partial charge in [0.15, 0.2) is 0 Å². The van der Waals surface area contributed by atoms with Crippen LogP contribution in [0.4, 0.5) is 15.8 Å². The van der Waals surface area contributed by atoms with Gasteiger partial charge in [0.05, 0.1) is 9.92 Å². The van der Waals surface area contributed by atoms with Gasteiger partial charge in [-0.3, -0.25) is 9.59 Å². The van der Waals surface area contributed by atoms with Crippen molar-refractivity contribution in [1.29, 1.82) is 0 Å². The highest BCUT2D eigenvalue weighted by atomic mass is 35.5. The molecule has 1 heterocycles. The van der Waals surface area contributed by atoms with Crippen molar-refractivity contribution in [2.45, 2.75) is 17.7 Å². The predicted molar refractivity (Wildman–Crippen MR) is 118 cm³/mol. The standard InChI is InChI=1S/C21H23ClFN3O5S/c1-31-13-20(27)24-15-2-4-16(5-3-15)25-21(28)14-8-10-26(11-9-14)32(29,30)17-6-7-19(23)18(22)12-17/h2-7,12,14H,8-11,13H2,1H3,(H,24,27)(H,25,28). The highest BCUT2D eigenvalue weighted by Gasteiger charge is 2.32. The first-order chi connectivity index (χ1) is 15.2. The van der Waals surface area contributed by atoms with Crippen molar-refractivity contribution in [3.63, 3.8) is 0 Å². The van der Waals surface area contributed by atoms with Crippen molar-refractivity contribution in [2.24, 2.45) is 5.92 Å². The Hall–Kier alpha value is -2.53. The molecule has 0 aromatic heterocycles. The summed E-state index contributed by atoms with van der Waals surface area (Å²) in [5, 5.41) is 5.21. The van der Waals surface area contributed by atoms with Crippen LogP contribution in [-0.2, 0) is 24.3 Å². The number of amides is 2. The van der Waals surface area contributed by atoms with Gasteiger partial charge in [0.25, 0.3) is 0 Å². The normalized spacial score (nSPS) is 15.3.